The highest BCUT2D eigenvalue weighted by Crippen LogP contribution is 2.30. The van der Waals surface area contributed by atoms with E-state index in [-0.39, 0.29) is 13.1 Å². The third-order valence-corrected chi connectivity index (χ3v) is 4.36. The molecule has 11 nitrogen and oxygen atoms in total. The number of halogens is 1. The second kappa shape index (κ2) is 7.17. The van der Waals surface area contributed by atoms with Crippen molar-refractivity contribution in [3.8, 4) is 0 Å². The van der Waals surface area contributed by atoms with E-state index < -0.39 is 46.4 Å². The first-order valence-electron chi connectivity index (χ1n) is 7.56. The van der Waals surface area contributed by atoms with Crippen LogP contribution in [-0.2, 0) is 24.4 Å². The molecule has 0 aromatic rings. The van der Waals surface area contributed by atoms with Gasteiger partial charge in [0.2, 0.25) is 10.0 Å². The van der Waals surface area contributed by atoms with Crippen molar-refractivity contribution < 1.29 is 37.1 Å². The number of hydrazine groups is 1. The van der Waals surface area contributed by atoms with Crippen LogP contribution in [0.1, 0.15) is 13.8 Å². The van der Waals surface area contributed by atoms with Gasteiger partial charge in [0.25, 0.3) is 5.91 Å². The lowest BCUT2D eigenvalue weighted by Gasteiger charge is -2.33. The summed E-state index contributed by atoms with van der Waals surface area (Å²) in [5.41, 5.74) is 0.421. The lowest BCUT2D eigenvalue weighted by atomic mass is 10.00. The number of alkyl halides is 1. The zero-order valence-corrected chi connectivity index (χ0v) is 15.1. The normalized spacial score (nSPS) is 23.7. The van der Waals surface area contributed by atoms with Crippen molar-refractivity contribution in [2.24, 2.45) is 0 Å². The summed E-state index contributed by atoms with van der Waals surface area (Å²) in [4.78, 5) is 43.4. The Hall–Kier alpha value is -2.25. The van der Waals surface area contributed by atoms with Crippen LogP contribution in [0.5, 0.6) is 0 Å². The first-order valence-corrected chi connectivity index (χ1v) is 9.46. The monoisotopic (exact) mass is 394 g/mol. The molecular weight excluding hydrogens is 375 g/mol. The summed E-state index contributed by atoms with van der Waals surface area (Å²) in [5, 5.41) is 10.00. The van der Waals surface area contributed by atoms with Crippen LogP contribution in [0.15, 0.2) is 11.6 Å². The number of sulfonamides is 1. The maximum atomic E-state index is 13.3. The Bertz CT molecular complexity index is 756. The summed E-state index contributed by atoms with van der Waals surface area (Å²) in [6.45, 7) is 3.07. The predicted molar refractivity (Wildman–Crippen MR) is 84.3 cm³/mol. The molecule has 0 aromatic heterocycles. The van der Waals surface area contributed by atoms with E-state index in [0.717, 1.165) is 16.2 Å². The van der Waals surface area contributed by atoms with E-state index >= 15 is 0 Å². The van der Waals surface area contributed by atoms with Gasteiger partial charge in [0.15, 0.2) is 0 Å². The van der Waals surface area contributed by atoms with Gasteiger partial charge in [0.1, 0.15) is 6.04 Å². The number of fused-ring (bicyclic) bond motifs is 2. The molecule has 0 aromatic carbocycles. The van der Waals surface area contributed by atoms with Gasteiger partial charge in [-0.05, 0) is 19.4 Å². The summed E-state index contributed by atoms with van der Waals surface area (Å²) in [7, 11) is -3.72. The van der Waals surface area contributed by atoms with E-state index in [4.69, 9.17) is 5.11 Å². The Morgan fingerprint density at radius 3 is 2.65 bits per heavy atom. The number of carboxylic acids is 1. The van der Waals surface area contributed by atoms with E-state index in [1.807, 2.05) is 0 Å². The molecule has 0 spiro atoms. The van der Waals surface area contributed by atoms with Crippen LogP contribution in [-0.4, -0.2) is 84.2 Å². The number of hydroxylamine groups is 2. The number of hydrogen-bond acceptors (Lipinski definition) is 6. The fraction of sp³-hybridized carbons (Fsp3) is 0.615. The Morgan fingerprint density at radius 1 is 1.54 bits per heavy atom. The van der Waals surface area contributed by atoms with Crippen LogP contribution in [0, 0.1) is 0 Å². The summed E-state index contributed by atoms with van der Waals surface area (Å²) < 4.78 is 36.1. The number of likely N-dealkylation sites (N-methyl/N-ethyl adjacent to an activating group) is 1. The largest absolute Gasteiger partial charge is 0.477 e. The number of nitrogens with zero attached hydrogens (tertiary/aromatic N) is 3. The highest BCUT2D eigenvalue weighted by Gasteiger charge is 2.49. The molecule has 2 rings (SSSR count). The minimum atomic E-state index is -3.72. The van der Waals surface area contributed by atoms with Crippen molar-refractivity contribution in [1.82, 2.24) is 19.8 Å². The van der Waals surface area contributed by atoms with Crippen LogP contribution in [0.2, 0.25) is 0 Å². The van der Waals surface area contributed by atoms with E-state index in [9.17, 15) is 27.2 Å². The number of carboxylic acid groups (broad SMARTS) is 1. The van der Waals surface area contributed by atoms with Crippen LogP contribution in [0.3, 0.4) is 0 Å². The summed E-state index contributed by atoms with van der Waals surface area (Å²) >= 11 is 0. The summed E-state index contributed by atoms with van der Waals surface area (Å²) in [6.07, 6.45) is -0.374. The van der Waals surface area contributed by atoms with Crippen LogP contribution in [0.4, 0.5) is 9.18 Å². The molecule has 0 saturated carbocycles. The lowest BCUT2D eigenvalue weighted by Crippen LogP contribution is -2.56. The van der Waals surface area contributed by atoms with Gasteiger partial charge in [-0.15, -0.1) is 4.83 Å². The molecule has 0 radical (unpaired) electrons. The molecule has 2 aliphatic rings. The van der Waals surface area contributed by atoms with Crippen molar-refractivity contribution in [3.63, 3.8) is 0 Å². The zero-order chi connectivity index (χ0) is 19.8. The maximum absolute atomic E-state index is 13.3. The molecule has 1 saturated heterocycles. The lowest BCUT2D eigenvalue weighted by molar-refractivity contribution is -0.219. The number of hydrogen-bond donors (Lipinski definition) is 2. The second-order valence-corrected chi connectivity index (χ2v) is 7.57. The van der Waals surface area contributed by atoms with Crippen molar-refractivity contribution in [3.05, 3.63) is 11.6 Å². The third kappa shape index (κ3) is 3.94. The Morgan fingerprint density at radius 2 is 2.15 bits per heavy atom. The van der Waals surface area contributed by atoms with E-state index in [0.29, 0.717) is 10.6 Å². The van der Waals surface area contributed by atoms with Crippen molar-refractivity contribution in [2.75, 3.05) is 19.3 Å². The van der Waals surface area contributed by atoms with Gasteiger partial charge in [0, 0.05) is 6.54 Å². The van der Waals surface area contributed by atoms with E-state index in [1.54, 1.807) is 13.8 Å². The fourth-order valence-corrected chi connectivity index (χ4v) is 3.43. The van der Waals surface area contributed by atoms with Gasteiger partial charge in [-0.3, -0.25) is 9.80 Å². The molecule has 13 heteroatoms. The molecule has 3 amide bonds. The molecule has 2 aliphatic heterocycles. The number of rotatable bonds is 7. The molecule has 146 valence electrons. The van der Waals surface area contributed by atoms with Crippen molar-refractivity contribution in [2.45, 2.75) is 32.3 Å². The van der Waals surface area contributed by atoms with Crippen molar-refractivity contribution >= 4 is 27.9 Å². The fourth-order valence-electron chi connectivity index (χ4n) is 2.81. The topological polar surface area (TPSA) is 137 Å². The minimum absolute atomic E-state index is 0.00687. The Kier molecular flexibility index (Phi) is 5.53. The highest BCUT2D eigenvalue weighted by molar-refractivity contribution is 7.88. The standard InChI is InChI=1S/C13H19FN4O7S/c1-4-17(15-26(3,23)24)11(19)9-7(2)5-8-6-16(9)13(22)18(8)25-10(14)12(20)21/h5,8-10,15H,4,6H2,1-3H3,(H,20,21)/t8-,9+,10-/m1/s1. The quantitative estimate of drug-likeness (QED) is 0.419. The van der Waals surface area contributed by atoms with Gasteiger partial charge >= 0.3 is 18.4 Å². The molecule has 3 atom stereocenters. The van der Waals surface area contributed by atoms with Gasteiger partial charge in [-0.25, -0.2) is 27.2 Å². The van der Waals surface area contributed by atoms with Gasteiger partial charge in [-0.2, -0.15) is 5.06 Å². The number of amides is 3. The van der Waals surface area contributed by atoms with Crippen LogP contribution < -0.4 is 4.83 Å². The molecule has 2 heterocycles. The van der Waals surface area contributed by atoms with Crippen LogP contribution in [0.25, 0.3) is 0 Å². The second-order valence-electron chi connectivity index (χ2n) is 5.85. The zero-order valence-electron chi connectivity index (χ0n) is 14.2. The van der Waals surface area contributed by atoms with Crippen LogP contribution >= 0.6 is 0 Å². The van der Waals surface area contributed by atoms with E-state index in [2.05, 4.69) is 9.67 Å². The molecule has 2 bridgehead atoms. The molecular formula is C13H19FN4O7S. The number of urea groups is 1. The first-order chi connectivity index (χ1) is 12.0. The molecule has 0 aliphatic carbocycles. The third-order valence-electron chi connectivity index (χ3n) is 3.81. The molecule has 1 fully saturated rings. The average molecular weight is 394 g/mol. The maximum Gasteiger partial charge on any atom is 0.368 e. The van der Waals surface area contributed by atoms with E-state index in [1.165, 1.54) is 6.08 Å². The average Bonchev–Trinajstić information content (AvgIpc) is 2.76. The number of carbonyl (C=O) groups is 3. The molecule has 26 heavy (non-hydrogen) atoms. The van der Waals surface area contributed by atoms with Gasteiger partial charge in [0.05, 0.1) is 18.8 Å². The summed E-state index contributed by atoms with van der Waals surface area (Å²) in [6, 6.07) is -2.77. The first kappa shape index (κ1) is 20.1. The number of aliphatic carboxylic acids is 1. The molecule has 2 N–H and O–H groups in total. The van der Waals surface area contributed by atoms with Gasteiger partial charge < -0.3 is 10.0 Å². The number of nitrogens with one attached hydrogen (secondary N) is 1. The highest BCUT2D eigenvalue weighted by atomic mass is 32.2. The Labute approximate surface area is 148 Å². The predicted octanol–water partition coefficient (Wildman–Crippen LogP) is -0.954. The smallest absolute Gasteiger partial charge is 0.368 e. The minimum Gasteiger partial charge on any atom is -0.477 e. The summed E-state index contributed by atoms with van der Waals surface area (Å²) in [5.74, 6) is -2.59. The van der Waals surface area contributed by atoms with Gasteiger partial charge in [-0.1, -0.05) is 6.08 Å². The SMILES string of the molecule is CCN(NS(C)(=O)=O)C(=O)[C@@H]1C(C)=C[C@@H]2CN1C(=O)N2O[C@@H](F)C(=O)O. The molecule has 0 unspecified atom stereocenters. The Balaban J connectivity index is 2.25. The number of carbonyl (C=O) groups excluding carboxylic acids is 2. The van der Waals surface area contributed by atoms with Crippen molar-refractivity contribution in [1.29, 1.82) is 0 Å².